The Labute approximate surface area is 116 Å². The number of ketones is 1. The molecule has 0 heterocycles. The summed E-state index contributed by atoms with van der Waals surface area (Å²) in [4.78, 5) is 24.0. The SMILES string of the molecule is [CH2]Oc1cc([N+](=O)[O-])c(C(=O)C=CN(C)C)cc1OC. The van der Waals surface area contributed by atoms with Crippen LogP contribution in [0.1, 0.15) is 10.4 Å². The third-order valence-corrected chi connectivity index (χ3v) is 2.42. The molecule has 107 valence electrons. The Morgan fingerprint density at radius 3 is 2.50 bits per heavy atom. The minimum absolute atomic E-state index is 0.0780. The highest BCUT2D eigenvalue weighted by Crippen LogP contribution is 2.34. The fourth-order valence-corrected chi connectivity index (χ4v) is 1.48. The van der Waals surface area contributed by atoms with E-state index in [2.05, 4.69) is 7.11 Å². The third kappa shape index (κ3) is 3.47. The lowest BCUT2D eigenvalue weighted by Crippen LogP contribution is -2.06. The van der Waals surface area contributed by atoms with Gasteiger partial charge in [0, 0.05) is 32.4 Å². The lowest BCUT2D eigenvalue weighted by molar-refractivity contribution is -0.385. The number of ether oxygens (including phenoxy) is 2. The van der Waals surface area contributed by atoms with Crippen molar-refractivity contribution in [1.82, 2.24) is 4.90 Å². The molecule has 0 spiro atoms. The van der Waals surface area contributed by atoms with Gasteiger partial charge in [-0.3, -0.25) is 14.9 Å². The number of nitro benzene ring substituents is 1. The standard InChI is InChI=1S/C13H15N2O5/c1-14(2)6-5-11(16)9-7-12(19-3)13(20-4)8-10(9)15(17)18/h5-8H,4H2,1-3H3. The summed E-state index contributed by atoms with van der Waals surface area (Å²) in [7, 11) is 8.03. The van der Waals surface area contributed by atoms with Crippen LogP contribution in [0.25, 0.3) is 0 Å². The molecule has 1 aromatic carbocycles. The van der Waals surface area contributed by atoms with Gasteiger partial charge >= 0.3 is 0 Å². The average Bonchev–Trinajstić information content (AvgIpc) is 2.42. The predicted molar refractivity (Wildman–Crippen MR) is 72.8 cm³/mol. The Morgan fingerprint density at radius 2 is 2.05 bits per heavy atom. The van der Waals surface area contributed by atoms with Gasteiger partial charge in [-0.1, -0.05) is 0 Å². The van der Waals surface area contributed by atoms with Crippen molar-refractivity contribution in [2.24, 2.45) is 0 Å². The van der Waals surface area contributed by atoms with Crippen LogP contribution in [0.5, 0.6) is 11.5 Å². The smallest absolute Gasteiger partial charge is 0.284 e. The van der Waals surface area contributed by atoms with Crippen LogP contribution < -0.4 is 9.47 Å². The second-order valence-corrected chi connectivity index (χ2v) is 4.07. The van der Waals surface area contributed by atoms with Gasteiger partial charge in [-0.15, -0.1) is 0 Å². The van der Waals surface area contributed by atoms with Gasteiger partial charge < -0.3 is 14.4 Å². The number of rotatable bonds is 6. The van der Waals surface area contributed by atoms with Crippen LogP contribution in [0.15, 0.2) is 24.4 Å². The first kappa shape index (κ1) is 15.5. The summed E-state index contributed by atoms with van der Waals surface area (Å²) in [5.74, 6) is -0.209. The minimum atomic E-state index is -0.654. The zero-order chi connectivity index (χ0) is 15.3. The van der Waals surface area contributed by atoms with Crippen LogP contribution in [-0.4, -0.2) is 36.8 Å². The van der Waals surface area contributed by atoms with Crippen molar-refractivity contribution in [2.45, 2.75) is 0 Å². The Balaban J connectivity index is 3.36. The highest BCUT2D eigenvalue weighted by molar-refractivity contribution is 6.07. The first-order chi connectivity index (χ1) is 9.40. The van der Waals surface area contributed by atoms with E-state index in [0.717, 1.165) is 6.07 Å². The zero-order valence-electron chi connectivity index (χ0n) is 11.5. The molecule has 0 bridgehead atoms. The Bertz CT molecular complexity index is 552. The number of benzene rings is 1. The lowest BCUT2D eigenvalue weighted by Gasteiger charge is -2.09. The van der Waals surface area contributed by atoms with Crippen LogP contribution in [0.2, 0.25) is 0 Å². The van der Waals surface area contributed by atoms with E-state index < -0.39 is 10.7 Å². The molecule has 0 amide bonds. The fraction of sp³-hybridized carbons (Fsp3) is 0.231. The molecule has 0 fully saturated rings. The molecule has 1 aromatic rings. The summed E-state index contributed by atoms with van der Waals surface area (Å²) >= 11 is 0. The largest absolute Gasteiger partial charge is 0.493 e. The van der Waals surface area contributed by atoms with E-state index in [-0.39, 0.29) is 22.7 Å². The fourth-order valence-electron chi connectivity index (χ4n) is 1.48. The van der Waals surface area contributed by atoms with Crippen LogP contribution in [0.3, 0.4) is 0 Å². The van der Waals surface area contributed by atoms with E-state index in [1.807, 2.05) is 0 Å². The van der Waals surface area contributed by atoms with E-state index in [1.54, 1.807) is 19.0 Å². The van der Waals surface area contributed by atoms with Gasteiger partial charge in [0.25, 0.3) is 5.69 Å². The Hall–Kier alpha value is -2.57. The first-order valence-corrected chi connectivity index (χ1v) is 5.58. The zero-order valence-corrected chi connectivity index (χ0v) is 11.5. The highest BCUT2D eigenvalue weighted by Gasteiger charge is 2.23. The first-order valence-electron chi connectivity index (χ1n) is 5.58. The molecule has 7 heteroatoms. The summed E-state index contributed by atoms with van der Waals surface area (Å²) in [5, 5.41) is 11.0. The molecular formula is C13H15N2O5. The predicted octanol–water partition coefficient (Wildman–Crippen LogP) is 2.03. The monoisotopic (exact) mass is 279 g/mol. The van der Waals surface area contributed by atoms with Gasteiger partial charge in [-0.05, 0) is 0 Å². The summed E-state index contributed by atoms with van der Waals surface area (Å²) in [6, 6.07) is 2.38. The topological polar surface area (TPSA) is 81.9 Å². The van der Waals surface area contributed by atoms with Crippen LogP contribution >= 0.6 is 0 Å². The van der Waals surface area contributed by atoms with Gasteiger partial charge in [0.05, 0.1) is 18.1 Å². The van der Waals surface area contributed by atoms with Crippen molar-refractivity contribution in [3.05, 3.63) is 47.2 Å². The number of carbonyl (C=O) groups excluding carboxylic acids is 1. The van der Waals surface area contributed by atoms with Crippen LogP contribution in [0, 0.1) is 17.2 Å². The van der Waals surface area contributed by atoms with Crippen molar-refractivity contribution in [3.63, 3.8) is 0 Å². The molecule has 20 heavy (non-hydrogen) atoms. The van der Waals surface area contributed by atoms with Crippen LogP contribution in [0.4, 0.5) is 5.69 Å². The molecule has 7 nitrogen and oxygen atoms in total. The van der Waals surface area contributed by atoms with E-state index in [0.29, 0.717) is 0 Å². The molecule has 0 saturated heterocycles. The second-order valence-electron chi connectivity index (χ2n) is 4.07. The number of nitro groups is 1. The number of allylic oxidation sites excluding steroid dienone is 1. The molecule has 1 radical (unpaired) electrons. The van der Waals surface area contributed by atoms with Gasteiger partial charge in [0.15, 0.2) is 17.3 Å². The number of hydrogen-bond donors (Lipinski definition) is 0. The Morgan fingerprint density at radius 1 is 1.40 bits per heavy atom. The molecular weight excluding hydrogens is 264 g/mol. The maximum Gasteiger partial charge on any atom is 0.284 e. The summed E-state index contributed by atoms with van der Waals surface area (Å²) in [5.41, 5.74) is -0.441. The van der Waals surface area contributed by atoms with Crippen molar-refractivity contribution < 1.29 is 19.2 Å². The number of carbonyl (C=O) groups is 1. The molecule has 0 aliphatic carbocycles. The van der Waals surface area contributed by atoms with E-state index in [4.69, 9.17) is 9.47 Å². The summed E-state index contributed by atoms with van der Waals surface area (Å²) in [6.45, 7) is 0. The molecule has 0 saturated carbocycles. The molecule has 0 aliphatic heterocycles. The molecule has 1 rings (SSSR count). The van der Waals surface area contributed by atoms with E-state index in [1.165, 1.54) is 25.5 Å². The van der Waals surface area contributed by atoms with Crippen molar-refractivity contribution in [3.8, 4) is 11.5 Å². The van der Waals surface area contributed by atoms with Gasteiger partial charge in [-0.25, -0.2) is 0 Å². The normalized spacial score (nSPS) is 10.4. The number of hydrogen-bond acceptors (Lipinski definition) is 6. The molecule has 0 aromatic heterocycles. The van der Waals surface area contributed by atoms with Gasteiger partial charge in [0.1, 0.15) is 12.7 Å². The molecule has 0 aliphatic rings. The number of methoxy groups -OCH3 is 1. The number of nitrogens with zero attached hydrogens (tertiary/aromatic N) is 2. The molecule has 0 N–H and O–H groups in total. The summed E-state index contributed by atoms with van der Waals surface area (Å²) in [6.07, 6.45) is 2.75. The molecule has 0 unspecified atom stereocenters. The van der Waals surface area contributed by atoms with Crippen molar-refractivity contribution in [1.29, 1.82) is 0 Å². The van der Waals surface area contributed by atoms with Gasteiger partial charge in [-0.2, -0.15) is 0 Å². The maximum absolute atomic E-state index is 12.0. The minimum Gasteiger partial charge on any atom is -0.493 e. The van der Waals surface area contributed by atoms with Crippen molar-refractivity contribution in [2.75, 3.05) is 21.2 Å². The van der Waals surface area contributed by atoms with Gasteiger partial charge in [0.2, 0.25) is 0 Å². The van der Waals surface area contributed by atoms with Crippen molar-refractivity contribution >= 4 is 11.5 Å². The third-order valence-electron chi connectivity index (χ3n) is 2.42. The quantitative estimate of drug-likeness (QED) is 0.343. The van der Waals surface area contributed by atoms with E-state index in [9.17, 15) is 14.9 Å². The molecule has 0 atom stereocenters. The second kappa shape index (κ2) is 6.55. The lowest BCUT2D eigenvalue weighted by atomic mass is 10.1. The van der Waals surface area contributed by atoms with E-state index >= 15 is 0 Å². The maximum atomic E-state index is 12.0. The summed E-state index contributed by atoms with van der Waals surface area (Å²) < 4.78 is 9.76. The highest BCUT2D eigenvalue weighted by atomic mass is 16.6. The van der Waals surface area contributed by atoms with Crippen LogP contribution in [-0.2, 0) is 0 Å². The Kier molecular flexibility index (Phi) is 5.08. The average molecular weight is 279 g/mol.